The molecule has 10 heavy (non-hydrogen) atoms. The highest BCUT2D eigenvalue weighted by molar-refractivity contribution is 7.59. The van der Waals surface area contributed by atoms with Crippen molar-refractivity contribution in [3.05, 3.63) is 0 Å². The molecule has 1 atom stereocenters. The van der Waals surface area contributed by atoms with Crippen LogP contribution in [-0.4, -0.2) is 19.8 Å². The van der Waals surface area contributed by atoms with Crippen molar-refractivity contribution < 1.29 is 4.57 Å². The molecule has 1 unspecified atom stereocenters. The number of hydrogen-bond donors (Lipinski definition) is 2. The van der Waals surface area contributed by atoms with Gasteiger partial charge in [0, 0.05) is 13.2 Å². The Bertz CT molecular complexity index is 127. The lowest BCUT2D eigenvalue weighted by molar-refractivity contribution is 0.558. The predicted molar refractivity (Wildman–Crippen MR) is 45.5 cm³/mol. The first-order chi connectivity index (χ1) is 4.62. The topological polar surface area (TPSA) is 41.1 Å². The smallest absolute Gasteiger partial charge is 0.208 e. The summed E-state index contributed by atoms with van der Waals surface area (Å²) in [5.74, 6) is 0. The minimum atomic E-state index is -2.21. The van der Waals surface area contributed by atoms with Crippen LogP contribution in [0, 0.1) is 0 Å². The van der Waals surface area contributed by atoms with Gasteiger partial charge in [0.2, 0.25) is 7.44 Å². The van der Waals surface area contributed by atoms with E-state index in [0.29, 0.717) is 0 Å². The molecular weight excluding hydrogens is 147 g/mol. The molecule has 0 radical (unpaired) electrons. The maximum atomic E-state index is 11.4. The lowest BCUT2D eigenvalue weighted by Gasteiger charge is -2.13. The Balaban J connectivity index is 3.53. The second kappa shape index (κ2) is 4.89. The Kier molecular flexibility index (Phi) is 4.96. The van der Waals surface area contributed by atoms with Crippen molar-refractivity contribution in [2.75, 3.05) is 19.8 Å². The molecule has 62 valence electrons. The molecule has 0 aliphatic heterocycles. The van der Waals surface area contributed by atoms with E-state index in [4.69, 9.17) is 0 Å². The summed E-state index contributed by atoms with van der Waals surface area (Å²) in [5, 5.41) is 5.86. The summed E-state index contributed by atoms with van der Waals surface area (Å²) in [5.41, 5.74) is 0. The molecule has 3 nitrogen and oxygen atoms in total. The summed E-state index contributed by atoms with van der Waals surface area (Å²) in [7, 11) is -2.21. The molecule has 2 N–H and O–H groups in total. The van der Waals surface area contributed by atoms with E-state index in [0.717, 1.165) is 19.5 Å². The number of rotatable bonds is 5. The van der Waals surface area contributed by atoms with Crippen LogP contribution in [0.5, 0.6) is 0 Å². The van der Waals surface area contributed by atoms with Crippen LogP contribution in [-0.2, 0) is 4.57 Å². The first-order valence-electron chi connectivity index (χ1n) is 3.70. The minimum Gasteiger partial charge on any atom is -0.290 e. The van der Waals surface area contributed by atoms with Crippen LogP contribution in [0.2, 0.25) is 0 Å². The van der Waals surface area contributed by atoms with Crippen molar-refractivity contribution in [3.8, 4) is 0 Å². The fourth-order valence-electron chi connectivity index (χ4n) is 0.683. The van der Waals surface area contributed by atoms with Crippen LogP contribution in [0.25, 0.3) is 0 Å². The van der Waals surface area contributed by atoms with Gasteiger partial charge in [-0.3, -0.25) is 14.7 Å². The molecular formula is C6H17N2OP. The lowest BCUT2D eigenvalue weighted by atomic mass is 10.5. The molecule has 0 aliphatic carbocycles. The van der Waals surface area contributed by atoms with Gasteiger partial charge in [-0.25, -0.2) is 0 Å². The van der Waals surface area contributed by atoms with Gasteiger partial charge in [-0.15, -0.1) is 0 Å². The third-order valence-corrected chi connectivity index (χ3v) is 2.87. The van der Waals surface area contributed by atoms with Gasteiger partial charge in [0.05, 0.1) is 0 Å². The zero-order valence-electron chi connectivity index (χ0n) is 6.98. The summed E-state index contributed by atoms with van der Waals surface area (Å²) in [6.07, 6.45) is 1.02. The third-order valence-electron chi connectivity index (χ3n) is 1.12. The Morgan fingerprint density at radius 1 is 1.30 bits per heavy atom. The Hall–Kier alpha value is 0.150. The van der Waals surface area contributed by atoms with E-state index in [2.05, 4.69) is 17.1 Å². The van der Waals surface area contributed by atoms with Crippen molar-refractivity contribution >= 4 is 7.44 Å². The fraction of sp³-hybridized carbons (Fsp3) is 1.00. The van der Waals surface area contributed by atoms with Crippen molar-refractivity contribution in [1.82, 2.24) is 10.2 Å². The molecule has 0 saturated carbocycles. The van der Waals surface area contributed by atoms with E-state index in [9.17, 15) is 4.57 Å². The zero-order valence-corrected chi connectivity index (χ0v) is 7.87. The average Bonchev–Trinajstić information content (AvgIpc) is 1.84. The van der Waals surface area contributed by atoms with Crippen LogP contribution in [0.4, 0.5) is 0 Å². The van der Waals surface area contributed by atoms with Crippen molar-refractivity contribution in [2.45, 2.75) is 20.3 Å². The Morgan fingerprint density at radius 3 is 2.30 bits per heavy atom. The maximum Gasteiger partial charge on any atom is 0.208 e. The van der Waals surface area contributed by atoms with E-state index in [1.54, 1.807) is 6.66 Å². The first-order valence-corrected chi connectivity index (χ1v) is 5.85. The summed E-state index contributed by atoms with van der Waals surface area (Å²) in [6, 6.07) is 0. The number of nitrogens with one attached hydrogen (secondary N) is 2. The average molecular weight is 164 g/mol. The molecule has 0 rings (SSSR count). The summed E-state index contributed by atoms with van der Waals surface area (Å²) in [4.78, 5) is 0. The molecule has 0 bridgehead atoms. The Morgan fingerprint density at radius 2 is 1.90 bits per heavy atom. The second-order valence-electron chi connectivity index (χ2n) is 2.34. The minimum absolute atomic E-state index is 0.754. The largest absolute Gasteiger partial charge is 0.290 e. The van der Waals surface area contributed by atoms with Gasteiger partial charge in [0.15, 0.2) is 0 Å². The van der Waals surface area contributed by atoms with Crippen LogP contribution in [0.15, 0.2) is 0 Å². The molecule has 0 aromatic rings. The van der Waals surface area contributed by atoms with Gasteiger partial charge in [0.25, 0.3) is 0 Å². The third kappa shape index (κ3) is 4.98. The molecule has 4 heteroatoms. The second-order valence-corrected chi connectivity index (χ2v) is 4.82. The highest BCUT2D eigenvalue weighted by atomic mass is 31.2. The SMILES string of the molecule is CCCNP(C)(=O)NCC. The molecule has 0 aromatic heterocycles. The van der Waals surface area contributed by atoms with Gasteiger partial charge in [0.1, 0.15) is 0 Å². The first kappa shape index (κ1) is 10.2. The summed E-state index contributed by atoms with van der Waals surface area (Å²) >= 11 is 0. The van der Waals surface area contributed by atoms with E-state index >= 15 is 0 Å². The summed E-state index contributed by atoms with van der Waals surface area (Å²) in [6.45, 7) is 7.29. The van der Waals surface area contributed by atoms with Crippen LogP contribution < -0.4 is 10.2 Å². The summed E-state index contributed by atoms with van der Waals surface area (Å²) < 4.78 is 11.4. The quantitative estimate of drug-likeness (QED) is 0.604. The monoisotopic (exact) mass is 164 g/mol. The molecule has 0 fully saturated rings. The van der Waals surface area contributed by atoms with E-state index < -0.39 is 7.44 Å². The van der Waals surface area contributed by atoms with Crippen molar-refractivity contribution in [3.63, 3.8) is 0 Å². The molecule has 0 saturated heterocycles. The fourth-order valence-corrected chi connectivity index (χ4v) is 2.05. The number of hydrogen-bond acceptors (Lipinski definition) is 1. The predicted octanol–water partition coefficient (Wildman–Crippen LogP) is 1.42. The molecule has 0 spiro atoms. The highest BCUT2D eigenvalue weighted by Gasteiger charge is 2.09. The molecule has 0 amide bonds. The van der Waals surface area contributed by atoms with Crippen LogP contribution >= 0.6 is 7.44 Å². The van der Waals surface area contributed by atoms with Gasteiger partial charge in [-0.05, 0) is 13.0 Å². The Labute approximate surface area is 63.1 Å². The van der Waals surface area contributed by atoms with Gasteiger partial charge >= 0.3 is 0 Å². The van der Waals surface area contributed by atoms with Crippen LogP contribution in [0.3, 0.4) is 0 Å². The molecule has 0 heterocycles. The van der Waals surface area contributed by atoms with E-state index in [-0.39, 0.29) is 0 Å². The molecule has 0 aliphatic rings. The van der Waals surface area contributed by atoms with Gasteiger partial charge in [-0.1, -0.05) is 13.8 Å². The normalized spacial score (nSPS) is 16.7. The zero-order chi connectivity index (χ0) is 8.04. The highest BCUT2D eigenvalue weighted by Crippen LogP contribution is 2.28. The molecule has 0 aromatic carbocycles. The van der Waals surface area contributed by atoms with Crippen molar-refractivity contribution in [2.24, 2.45) is 0 Å². The van der Waals surface area contributed by atoms with E-state index in [1.807, 2.05) is 6.92 Å². The van der Waals surface area contributed by atoms with E-state index in [1.165, 1.54) is 0 Å². The van der Waals surface area contributed by atoms with Crippen LogP contribution in [0.1, 0.15) is 20.3 Å². The van der Waals surface area contributed by atoms with Gasteiger partial charge in [-0.2, -0.15) is 0 Å². The van der Waals surface area contributed by atoms with Gasteiger partial charge < -0.3 is 0 Å². The lowest BCUT2D eigenvalue weighted by Crippen LogP contribution is -2.21. The van der Waals surface area contributed by atoms with Crippen molar-refractivity contribution in [1.29, 1.82) is 0 Å². The maximum absolute atomic E-state index is 11.4. The standard InChI is InChI=1S/C6H17N2OP/c1-4-6-8-10(3,9)7-5-2/h4-6H2,1-3H3,(H2,7,8,9).